The van der Waals surface area contributed by atoms with Crippen LogP contribution in [0.1, 0.15) is 121 Å². The lowest BCUT2D eigenvalue weighted by Gasteiger charge is -2.27. The van der Waals surface area contributed by atoms with Crippen LogP contribution in [0.3, 0.4) is 0 Å². The Balaban J connectivity index is 0.000000321. The minimum absolute atomic E-state index is 0.0362. The number of carbonyl (C=O) groups is 1. The Kier molecular flexibility index (Phi) is 13.1. The van der Waals surface area contributed by atoms with Gasteiger partial charge >= 0.3 is 0 Å². The van der Waals surface area contributed by atoms with E-state index >= 15 is 0 Å². The third-order valence-electron chi connectivity index (χ3n) is 12.9. The van der Waals surface area contributed by atoms with Crippen molar-refractivity contribution in [1.29, 1.82) is 0 Å². The monoisotopic (exact) mass is 928 g/mol. The van der Waals surface area contributed by atoms with Gasteiger partial charge in [0.25, 0.3) is 0 Å². The molecule has 0 saturated carbocycles. The fourth-order valence-corrected chi connectivity index (χ4v) is 9.93. The van der Waals surface area contributed by atoms with Crippen molar-refractivity contribution in [3.05, 3.63) is 179 Å². The Bertz CT molecular complexity index is 3410. The number of para-hydroxylation sites is 1. The summed E-state index contributed by atoms with van der Waals surface area (Å²) in [5.41, 5.74) is 11.9. The molecule has 69 heavy (non-hydrogen) atoms. The van der Waals surface area contributed by atoms with Gasteiger partial charge < -0.3 is 10.2 Å². The van der Waals surface area contributed by atoms with Gasteiger partial charge in [0.15, 0.2) is 6.29 Å². The maximum absolute atomic E-state index is 11.5. The van der Waals surface area contributed by atoms with E-state index in [0.29, 0.717) is 5.56 Å². The summed E-state index contributed by atoms with van der Waals surface area (Å²) >= 11 is 1.70. The number of aliphatic imine (C=N–C) groups is 1. The van der Waals surface area contributed by atoms with Crippen molar-refractivity contribution in [2.24, 2.45) is 4.99 Å². The normalized spacial score (nSPS) is 12.5. The maximum Gasteiger partial charge on any atom is 0.153 e. The van der Waals surface area contributed by atoms with Crippen molar-refractivity contribution >= 4 is 61.3 Å². The molecule has 0 spiro atoms. The zero-order valence-electron chi connectivity index (χ0n) is 42.1. The number of aromatic hydroxyl groups is 2. The van der Waals surface area contributed by atoms with E-state index in [2.05, 4.69) is 178 Å². The molecule has 9 aromatic rings. The van der Waals surface area contributed by atoms with Crippen LogP contribution in [0.5, 0.6) is 11.5 Å². The number of rotatable bonds is 6. The topological polar surface area (TPSA) is 82.8 Å². The number of hydrogen-bond donors (Lipinski definition) is 2. The largest absolute Gasteiger partial charge is 0.507 e. The number of fused-ring (bicyclic) bond motifs is 3. The molecule has 9 rings (SSSR count). The van der Waals surface area contributed by atoms with Crippen LogP contribution in [0.25, 0.3) is 64.6 Å². The molecule has 0 radical (unpaired) electrons. The summed E-state index contributed by atoms with van der Waals surface area (Å²) in [5.74, 6) is 0.392. The second kappa shape index (κ2) is 18.5. The summed E-state index contributed by atoms with van der Waals surface area (Å²) in [6.45, 7) is 25.4. The summed E-state index contributed by atoms with van der Waals surface area (Å²) in [7, 11) is 0. The fraction of sp³-hybridized carbons (Fsp3) is 0.254. The lowest BCUT2D eigenvalue weighted by molar-refractivity contribution is 0.112. The molecule has 8 aromatic carbocycles. The average Bonchev–Trinajstić information content (AvgIpc) is 3.74. The number of hydrogen-bond acceptors (Lipinski definition) is 6. The van der Waals surface area contributed by atoms with E-state index in [1.54, 1.807) is 17.4 Å². The summed E-state index contributed by atoms with van der Waals surface area (Å²) in [6.07, 6.45) is 2.53. The van der Waals surface area contributed by atoms with Gasteiger partial charge in [-0.1, -0.05) is 192 Å². The molecule has 0 bridgehead atoms. The third-order valence-corrected chi connectivity index (χ3v) is 13.9. The number of phenols is 2. The van der Waals surface area contributed by atoms with Gasteiger partial charge in [-0.05, 0) is 107 Å². The van der Waals surface area contributed by atoms with E-state index in [0.717, 1.165) is 71.7 Å². The number of aldehydes is 1. The lowest BCUT2D eigenvalue weighted by Crippen LogP contribution is -2.17. The molecule has 6 heteroatoms. The van der Waals surface area contributed by atoms with E-state index in [9.17, 15) is 15.0 Å². The molecule has 1 heterocycles. The Morgan fingerprint density at radius 3 is 1.54 bits per heavy atom. The van der Waals surface area contributed by atoms with Crippen LogP contribution in [0.2, 0.25) is 0 Å². The first kappa shape index (κ1) is 48.6. The summed E-state index contributed by atoms with van der Waals surface area (Å²) in [6, 6.07) is 51.0. The highest BCUT2D eigenvalue weighted by Gasteiger charge is 2.26. The Labute approximate surface area is 412 Å². The molecule has 5 nitrogen and oxygen atoms in total. The maximum atomic E-state index is 11.5. The average molecular weight is 929 g/mol. The Morgan fingerprint density at radius 1 is 0.493 bits per heavy atom. The van der Waals surface area contributed by atoms with Gasteiger partial charge in [-0.15, -0.1) is 11.3 Å². The molecule has 0 aliphatic heterocycles. The molecule has 0 saturated heterocycles. The van der Waals surface area contributed by atoms with Crippen LogP contribution in [0, 0.1) is 0 Å². The van der Waals surface area contributed by atoms with Crippen LogP contribution < -0.4 is 0 Å². The van der Waals surface area contributed by atoms with Crippen molar-refractivity contribution < 1.29 is 15.0 Å². The molecular formula is C63H64N2O3S. The molecule has 350 valence electrons. The van der Waals surface area contributed by atoms with E-state index in [4.69, 9.17) is 9.98 Å². The van der Waals surface area contributed by atoms with Gasteiger partial charge in [0.1, 0.15) is 16.5 Å². The van der Waals surface area contributed by atoms with Crippen molar-refractivity contribution in [2.75, 3.05) is 0 Å². The van der Waals surface area contributed by atoms with E-state index < -0.39 is 0 Å². The van der Waals surface area contributed by atoms with Crippen molar-refractivity contribution in [3.8, 4) is 44.3 Å². The lowest BCUT2D eigenvalue weighted by atomic mass is 9.79. The minimum atomic E-state index is -0.223. The number of carbonyl (C=O) groups excluding carboxylic acids is 1. The van der Waals surface area contributed by atoms with Gasteiger partial charge in [0.05, 0.1) is 21.5 Å². The number of phenolic OH excluding ortho intramolecular Hbond substituents is 2. The molecule has 1 aromatic heterocycles. The SMILES string of the molecule is CC(C)(C)c1cc(C=Nc2ccccc2-c2nc3c(-c4cccc5ccccc45)cc(-c4cccc5ccccc45)cc3s2)c(O)c(C(C)(C)C)c1.CC(C)(C)c1cc(C=O)c(O)c(C(C)(C)C)c1. The predicted molar refractivity (Wildman–Crippen MR) is 295 cm³/mol. The number of nitrogens with zero attached hydrogens (tertiary/aromatic N) is 2. The predicted octanol–water partition coefficient (Wildman–Crippen LogP) is 17.5. The molecule has 0 unspecified atom stereocenters. The van der Waals surface area contributed by atoms with Crippen molar-refractivity contribution in [1.82, 2.24) is 4.98 Å². The smallest absolute Gasteiger partial charge is 0.153 e. The van der Waals surface area contributed by atoms with E-state index in [1.807, 2.05) is 51.3 Å². The van der Waals surface area contributed by atoms with Gasteiger partial charge in [-0.2, -0.15) is 0 Å². The van der Waals surface area contributed by atoms with E-state index in [-0.39, 0.29) is 33.2 Å². The third kappa shape index (κ3) is 10.1. The molecule has 0 amide bonds. The quantitative estimate of drug-likeness (QED) is 0.129. The van der Waals surface area contributed by atoms with Crippen molar-refractivity contribution in [3.63, 3.8) is 0 Å². The van der Waals surface area contributed by atoms with Gasteiger partial charge in [-0.3, -0.25) is 9.79 Å². The number of thiazole rings is 1. The Hall–Kier alpha value is -6.89. The van der Waals surface area contributed by atoms with Crippen molar-refractivity contribution in [2.45, 2.75) is 105 Å². The summed E-state index contributed by atoms with van der Waals surface area (Å²) in [5, 5.41) is 27.3. The highest BCUT2D eigenvalue weighted by molar-refractivity contribution is 7.21. The zero-order valence-corrected chi connectivity index (χ0v) is 42.9. The standard InChI is InChI=1S/C48H42N2OS.C15H22O2/c1-47(2,3)34-25-33(45(51)41(28-34)48(4,5)6)29-49-42-24-12-11-21-39(42)46-50-44-40(38-23-14-18-31-16-8-10-20-36(31)38)26-32(27-43(44)52-46)37-22-13-17-30-15-7-9-19-35(30)37;1-14(2,3)11-7-10(9-16)13(17)12(8-11)15(4,5)6/h7-29,51H,1-6H3;7-9,17H,1-6H3. The van der Waals surface area contributed by atoms with Crippen LogP contribution in [-0.2, 0) is 21.7 Å². The highest BCUT2D eigenvalue weighted by atomic mass is 32.1. The summed E-state index contributed by atoms with van der Waals surface area (Å²) in [4.78, 5) is 21.4. The first-order valence-corrected chi connectivity index (χ1v) is 24.6. The second-order valence-electron chi connectivity index (χ2n) is 22.3. The van der Waals surface area contributed by atoms with Gasteiger partial charge in [-0.25, -0.2) is 4.98 Å². The molecular weight excluding hydrogens is 865 g/mol. The van der Waals surface area contributed by atoms with E-state index in [1.165, 1.54) is 32.7 Å². The number of aromatic nitrogens is 1. The van der Waals surface area contributed by atoms with Gasteiger partial charge in [0.2, 0.25) is 0 Å². The molecule has 2 N–H and O–H groups in total. The first-order chi connectivity index (χ1) is 32.5. The first-order valence-electron chi connectivity index (χ1n) is 23.8. The fourth-order valence-electron chi connectivity index (χ4n) is 8.86. The van der Waals surface area contributed by atoms with Gasteiger partial charge in [0, 0.05) is 34.0 Å². The van der Waals surface area contributed by atoms with Crippen LogP contribution >= 0.6 is 11.3 Å². The second-order valence-corrected chi connectivity index (χ2v) is 23.3. The highest BCUT2D eigenvalue weighted by Crippen LogP contribution is 2.45. The number of benzene rings is 8. The molecule has 0 atom stereocenters. The Morgan fingerprint density at radius 2 is 0.971 bits per heavy atom. The molecule has 0 aliphatic carbocycles. The minimum Gasteiger partial charge on any atom is -0.507 e. The van der Waals surface area contributed by atoms with Crippen LogP contribution in [0.4, 0.5) is 5.69 Å². The van der Waals surface area contributed by atoms with Crippen LogP contribution in [-0.4, -0.2) is 27.7 Å². The summed E-state index contributed by atoms with van der Waals surface area (Å²) < 4.78 is 1.12. The molecule has 0 fully saturated rings. The van der Waals surface area contributed by atoms with Crippen LogP contribution in [0.15, 0.2) is 151 Å². The molecule has 0 aliphatic rings. The zero-order chi connectivity index (χ0) is 49.6.